The highest BCUT2D eigenvalue weighted by Gasteiger charge is 2.20. The van der Waals surface area contributed by atoms with E-state index in [1.165, 1.54) is 25.7 Å². The molecule has 0 radical (unpaired) electrons. The van der Waals surface area contributed by atoms with E-state index in [1.807, 2.05) is 0 Å². The fourth-order valence-electron chi connectivity index (χ4n) is 2.63. The second-order valence-corrected chi connectivity index (χ2v) is 5.57. The molecule has 1 aliphatic heterocycles. The quantitative estimate of drug-likeness (QED) is 0.713. The lowest BCUT2D eigenvalue weighted by Crippen LogP contribution is -2.45. The van der Waals surface area contributed by atoms with Gasteiger partial charge in [-0.2, -0.15) is 0 Å². The standard InChI is InChI=1S/C15H28N2/c1-5-9-17-10-7-15(8-11-17)16-14(4)12-13(3)6-2/h1,13-16H,6-12H2,2-4H3. The minimum Gasteiger partial charge on any atom is -0.311 e. The van der Waals surface area contributed by atoms with Gasteiger partial charge in [0, 0.05) is 25.2 Å². The molecule has 0 aromatic carbocycles. The van der Waals surface area contributed by atoms with Crippen LogP contribution in [0.1, 0.15) is 46.5 Å². The second-order valence-electron chi connectivity index (χ2n) is 5.57. The maximum absolute atomic E-state index is 5.34. The number of hydrogen-bond acceptors (Lipinski definition) is 2. The van der Waals surface area contributed by atoms with Gasteiger partial charge in [0.2, 0.25) is 0 Å². The van der Waals surface area contributed by atoms with E-state index in [9.17, 15) is 0 Å². The molecule has 2 heteroatoms. The Morgan fingerprint density at radius 1 is 1.35 bits per heavy atom. The summed E-state index contributed by atoms with van der Waals surface area (Å²) >= 11 is 0. The van der Waals surface area contributed by atoms with Crippen LogP contribution in [0, 0.1) is 18.3 Å². The fraction of sp³-hybridized carbons (Fsp3) is 0.867. The second kappa shape index (κ2) is 7.74. The summed E-state index contributed by atoms with van der Waals surface area (Å²) in [6.07, 6.45) is 10.4. The van der Waals surface area contributed by atoms with Crippen LogP contribution in [0.2, 0.25) is 0 Å². The molecule has 0 spiro atoms. The van der Waals surface area contributed by atoms with Gasteiger partial charge >= 0.3 is 0 Å². The molecular formula is C15H28N2. The summed E-state index contributed by atoms with van der Waals surface area (Å²) in [4.78, 5) is 2.37. The lowest BCUT2D eigenvalue weighted by molar-refractivity contribution is 0.206. The predicted molar refractivity (Wildman–Crippen MR) is 75.0 cm³/mol. The van der Waals surface area contributed by atoms with Crippen LogP contribution in [-0.4, -0.2) is 36.6 Å². The third-order valence-electron chi connectivity index (χ3n) is 3.88. The van der Waals surface area contributed by atoms with E-state index in [2.05, 4.69) is 36.9 Å². The van der Waals surface area contributed by atoms with Crippen LogP contribution in [0.25, 0.3) is 0 Å². The first kappa shape index (κ1) is 14.5. The zero-order valence-electron chi connectivity index (χ0n) is 11.7. The van der Waals surface area contributed by atoms with Crippen molar-refractivity contribution < 1.29 is 0 Å². The topological polar surface area (TPSA) is 15.3 Å². The highest BCUT2D eigenvalue weighted by atomic mass is 15.1. The highest BCUT2D eigenvalue weighted by Crippen LogP contribution is 2.14. The molecule has 0 amide bonds. The van der Waals surface area contributed by atoms with Crippen LogP contribution in [0.5, 0.6) is 0 Å². The minimum atomic E-state index is 0.647. The average molecular weight is 236 g/mol. The Labute approximate surface area is 107 Å². The van der Waals surface area contributed by atoms with Crippen molar-refractivity contribution in [3.05, 3.63) is 0 Å². The average Bonchev–Trinajstić information content (AvgIpc) is 2.31. The van der Waals surface area contributed by atoms with Gasteiger partial charge in [-0.3, -0.25) is 4.90 Å². The number of piperidine rings is 1. The van der Waals surface area contributed by atoms with Crippen molar-refractivity contribution in [1.82, 2.24) is 10.2 Å². The van der Waals surface area contributed by atoms with Crippen LogP contribution in [-0.2, 0) is 0 Å². The molecule has 1 fully saturated rings. The Balaban J connectivity index is 2.19. The number of nitrogens with one attached hydrogen (secondary N) is 1. The molecule has 1 rings (SSSR count). The van der Waals surface area contributed by atoms with Crippen molar-refractivity contribution in [2.45, 2.75) is 58.5 Å². The number of terminal acetylenes is 1. The lowest BCUT2D eigenvalue weighted by atomic mass is 9.98. The molecule has 1 N–H and O–H groups in total. The Morgan fingerprint density at radius 2 is 2.00 bits per heavy atom. The van der Waals surface area contributed by atoms with Gasteiger partial charge in [-0.15, -0.1) is 6.42 Å². The molecule has 2 nitrogen and oxygen atoms in total. The summed E-state index contributed by atoms with van der Waals surface area (Å²) in [5.41, 5.74) is 0. The number of hydrogen-bond donors (Lipinski definition) is 1. The number of rotatable bonds is 6. The number of nitrogens with zero attached hydrogens (tertiary/aromatic N) is 1. The smallest absolute Gasteiger partial charge is 0.0598 e. The fourth-order valence-corrected chi connectivity index (χ4v) is 2.63. The molecule has 17 heavy (non-hydrogen) atoms. The molecule has 0 saturated carbocycles. The summed E-state index contributed by atoms with van der Waals surface area (Å²) in [7, 11) is 0. The molecule has 1 heterocycles. The van der Waals surface area contributed by atoms with E-state index in [4.69, 9.17) is 6.42 Å². The highest BCUT2D eigenvalue weighted by molar-refractivity contribution is 4.90. The molecule has 1 saturated heterocycles. The van der Waals surface area contributed by atoms with Crippen LogP contribution in [0.3, 0.4) is 0 Å². The van der Waals surface area contributed by atoms with Crippen molar-refractivity contribution in [2.75, 3.05) is 19.6 Å². The predicted octanol–water partition coefficient (Wildman–Crippen LogP) is 2.50. The van der Waals surface area contributed by atoms with Gasteiger partial charge in [-0.1, -0.05) is 26.2 Å². The Kier molecular flexibility index (Phi) is 6.62. The van der Waals surface area contributed by atoms with Gasteiger partial charge in [0.1, 0.15) is 0 Å². The van der Waals surface area contributed by atoms with Crippen LogP contribution in [0.4, 0.5) is 0 Å². The molecule has 0 aromatic heterocycles. The van der Waals surface area contributed by atoms with Crippen molar-refractivity contribution in [2.24, 2.45) is 5.92 Å². The van der Waals surface area contributed by atoms with E-state index in [0.29, 0.717) is 12.1 Å². The summed E-state index contributed by atoms with van der Waals surface area (Å²) in [6, 6.07) is 1.34. The third kappa shape index (κ3) is 5.57. The minimum absolute atomic E-state index is 0.647. The monoisotopic (exact) mass is 236 g/mol. The molecule has 0 aromatic rings. The third-order valence-corrected chi connectivity index (χ3v) is 3.88. The van der Waals surface area contributed by atoms with E-state index < -0.39 is 0 Å². The molecule has 1 aliphatic rings. The molecule has 98 valence electrons. The molecular weight excluding hydrogens is 208 g/mol. The Hall–Kier alpha value is -0.520. The summed E-state index contributed by atoms with van der Waals surface area (Å²) in [5.74, 6) is 3.56. The first-order chi connectivity index (χ1) is 8.15. The van der Waals surface area contributed by atoms with Gasteiger partial charge in [0.15, 0.2) is 0 Å². The maximum Gasteiger partial charge on any atom is 0.0598 e. The van der Waals surface area contributed by atoms with Crippen molar-refractivity contribution in [3.63, 3.8) is 0 Å². The van der Waals surface area contributed by atoms with E-state index >= 15 is 0 Å². The molecule has 2 atom stereocenters. The summed E-state index contributed by atoms with van der Waals surface area (Å²) < 4.78 is 0. The van der Waals surface area contributed by atoms with Gasteiger partial charge in [0.25, 0.3) is 0 Å². The van der Waals surface area contributed by atoms with Gasteiger partial charge in [-0.05, 0) is 32.1 Å². The summed E-state index contributed by atoms with van der Waals surface area (Å²) in [6.45, 7) is 10.0. The van der Waals surface area contributed by atoms with Gasteiger partial charge < -0.3 is 5.32 Å². The van der Waals surface area contributed by atoms with Crippen molar-refractivity contribution in [1.29, 1.82) is 0 Å². The Bertz CT molecular complexity index is 236. The van der Waals surface area contributed by atoms with Crippen LogP contribution in [0.15, 0.2) is 0 Å². The number of likely N-dealkylation sites (tertiary alicyclic amines) is 1. The SMILES string of the molecule is C#CCN1CCC(NC(C)CC(C)CC)CC1. The zero-order valence-corrected chi connectivity index (χ0v) is 11.7. The first-order valence-electron chi connectivity index (χ1n) is 7.07. The van der Waals surface area contributed by atoms with E-state index in [-0.39, 0.29) is 0 Å². The first-order valence-corrected chi connectivity index (χ1v) is 7.07. The summed E-state index contributed by atoms with van der Waals surface area (Å²) in [5, 5.41) is 3.77. The molecule has 2 unspecified atom stereocenters. The van der Waals surface area contributed by atoms with E-state index in [1.54, 1.807) is 0 Å². The Morgan fingerprint density at radius 3 is 2.53 bits per heavy atom. The van der Waals surface area contributed by atoms with Gasteiger partial charge in [-0.25, -0.2) is 0 Å². The van der Waals surface area contributed by atoms with Crippen molar-refractivity contribution in [3.8, 4) is 12.3 Å². The van der Waals surface area contributed by atoms with Crippen LogP contribution < -0.4 is 5.32 Å². The largest absolute Gasteiger partial charge is 0.311 e. The van der Waals surface area contributed by atoms with Crippen LogP contribution >= 0.6 is 0 Å². The zero-order chi connectivity index (χ0) is 12.7. The lowest BCUT2D eigenvalue weighted by Gasteiger charge is -2.33. The van der Waals surface area contributed by atoms with Crippen molar-refractivity contribution >= 4 is 0 Å². The maximum atomic E-state index is 5.34. The normalized spacial score (nSPS) is 22.0. The molecule has 0 aliphatic carbocycles. The molecule has 0 bridgehead atoms. The van der Waals surface area contributed by atoms with E-state index in [0.717, 1.165) is 25.6 Å². The van der Waals surface area contributed by atoms with Gasteiger partial charge in [0.05, 0.1) is 6.54 Å².